The summed E-state index contributed by atoms with van der Waals surface area (Å²) < 4.78 is 28.2. The standard InChI is InChI=1S/C12H12N6O2S/c19-21(20,12-5-14-15-6-12)17-11-3-1-10(2-4-11)7-18-9-13-8-16-18/h1-6,8-9,17H,7H2,(H,14,15). The summed E-state index contributed by atoms with van der Waals surface area (Å²) in [4.78, 5) is 3.96. The Labute approximate surface area is 120 Å². The maximum atomic E-state index is 12.0. The van der Waals surface area contributed by atoms with Crippen LogP contribution in [0.2, 0.25) is 0 Å². The summed E-state index contributed by atoms with van der Waals surface area (Å²) >= 11 is 0. The van der Waals surface area contributed by atoms with E-state index in [2.05, 4.69) is 25.0 Å². The molecule has 0 amide bonds. The highest BCUT2D eigenvalue weighted by atomic mass is 32.2. The van der Waals surface area contributed by atoms with E-state index in [4.69, 9.17) is 0 Å². The Morgan fingerprint density at radius 3 is 2.67 bits per heavy atom. The fraction of sp³-hybridized carbons (Fsp3) is 0.0833. The zero-order valence-corrected chi connectivity index (χ0v) is 11.7. The van der Waals surface area contributed by atoms with E-state index >= 15 is 0 Å². The first-order chi connectivity index (χ1) is 10.1. The van der Waals surface area contributed by atoms with Crippen LogP contribution in [-0.4, -0.2) is 33.4 Å². The zero-order valence-electron chi connectivity index (χ0n) is 10.8. The lowest BCUT2D eigenvalue weighted by Gasteiger charge is -2.07. The van der Waals surface area contributed by atoms with E-state index < -0.39 is 10.0 Å². The lowest BCUT2D eigenvalue weighted by atomic mass is 10.2. The Morgan fingerprint density at radius 2 is 2.05 bits per heavy atom. The minimum atomic E-state index is -3.60. The Kier molecular flexibility index (Phi) is 3.40. The van der Waals surface area contributed by atoms with Gasteiger partial charge in [-0.3, -0.25) is 9.82 Å². The molecule has 2 heterocycles. The van der Waals surface area contributed by atoms with Gasteiger partial charge in [-0.1, -0.05) is 12.1 Å². The van der Waals surface area contributed by atoms with Gasteiger partial charge in [-0.05, 0) is 17.7 Å². The molecule has 108 valence electrons. The van der Waals surface area contributed by atoms with Crippen molar-refractivity contribution in [1.29, 1.82) is 0 Å². The highest BCUT2D eigenvalue weighted by Gasteiger charge is 2.14. The van der Waals surface area contributed by atoms with Crippen molar-refractivity contribution >= 4 is 15.7 Å². The van der Waals surface area contributed by atoms with Gasteiger partial charge < -0.3 is 0 Å². The predicted octanol–water partition coefficient (Wildman–Crippen LogP) is 0.850. The number of H-pyrrole nitrogens is 1. The van der Waals surface area contributed by atoms with Gasteiger partial charge in [-0.15, -0.1) is 0 Å². The van der Waals surface area contributed by atoms with E-state index in [1.54, 1.807) is 23.1 Å². The smallest absolute Gasteiger partial charge is 0.265 e. The number of nitrogens with zero attached hydrogens (tertiary/aromatic N) is 4. The molecule has 1 aromatic carbocycles. The van der Waals surface area contributed by atoms with Crippen molar-refractivity contribution in [2.75, 3.05) is 4.72 Å². The van der Waals surface area contributed by atoms with Crippen LogP contribution in [0.3, 0.4) is 0 Å². The van der Waals surface area contributed by atoms with Crippen LogP contribution in [0.5, 0.6) is 0 Å². The van der Waals surface area contributed by atoms with Crippen LogP contribution in [0, 0.1) is 0 Å². The monoisotopic (exact) mass is 304 g/mol. The van der Waals surface area contributed by atoms with E-state index in [9.17, 15) is 8.42 Å². The van der Waals surface area contributed by atoms with Crippen molar-refractivity contribution in [2.45, 2.75) is 11.4 Å². The van der Waals surface area contributed by atoms with E-state index in [0.29, 0.717) is 12.2 Å². The fourth-order valence-electron chi connectivity index (χ4n) is 1.78. The Hall–Kier alpha value is -2.68. The number of rotatable bonds is 5. The molecule has 3 aromatic rings. The first kappa shape index (κ1) is 13.3. The molecule has 0 radical (unpaired) electrons. The maximum absolute atomic E-state index is 12.0. The second kappa shape index (κ2) is 5.37. The zero-order chi connectivity index (χ0) is 14.7. The Bertz CT molecular complexity index is 794. The van der Waals surface area contributed by atoms with Gasteiger partial charge in [-0.25, -0.2) is 18.1 Å². The third-order valence-electron chi connectivity index (χ3n) is 2.80. The first-order valence-corrected chi connectivity index (χ1v) is 7.55. The molecule has 8 nitrogen and oxygen atoms in total. The SMILES string of the molecule is O=S(=O)(Nc1ccc(Cn2cncn2)cc1)c1cn[nH]c1. The van der Waals surface area contributed by atoms with Gasteiger partial charge in [0.2, 0.25) is 0 Å². The normalized spacial score (nSPS) is 11.4. The molecule has 0 aliphatic carbocycles. The third-order valence-corrected chi connectivity index (χ3v) is 4.15. The molecule has 0 bridgehead atoms. The summed E-state index contributed by atoms with van der Waals surface area (Å²) in [6.45, 7) is 0.578. The average molecular weight is 304 g/mol. The molecule has 0 saturated carbocycles. The quantitative estimate of drug-likeness (QED) is 0.727. The minimum absolute atomic E-state index is 0.0918. The van der Waals surface area contributed by atoms with Crippen molar-refractivity contribution in [3.63, 3.8) is 0 Å². The number of benzene rings is 1. The lowest BCUT2D eigenvalue weighted by Crippen LogP contribution is -2.12. The molecule has 0 fully saturated rings. The number of hydrogen-bond acceptors (Lipinski definition) is 5. The average Bonchev–Trinajstić information content (AvgIpc) is 3.13. The largest absolute Gasteiger partial charge is 0.284 e. The molecular weight excluding hydrogens is 292 g/mol. The number of aromatic amines is 1. The lowest BCUT2D eigenvalue weighted by molar-refractivity contribution is 0.601. The Balaban J connectivity index is 1.73. The van der Waals surface area contributed by atoms with Gasteiger partial charge in [-0.2, -0.15) is 10.2 Å². The fourth-order valence-corrected chi connectivity index (χ4v) is 2.74. The summed E-state index contributed by atoms with van der Waals surface area (Å²) in [7, 11) is -3.60. The summed E-state index contributed by atoms with van der Waals surface area (Å²) in [5.41, 5.74) is 1.48. The highest BCUT2D eigenvalue weighted by molar-refractivity contribution is 7.92. The van der Waals surface area contributed by atoms with Crippen LogP contribution < -0.4 is 4.72 Å². The number of hydrogen-bond donors (Lipinski definition) is 2. The Morgan fingerprint density at radius 1 is 1.24 bits per heavy atom. The molecule has 0 spiro atoms. The van der Waals surface area contributed by atoms with E-state index in [0.717, 1.165) is 5.56 Å². The van der Waals surface area contributed by atoms with Crippen molar-refractivity contribution in [3.8, 4) is 0 Å². The van der Waals surface area contributed by atoms with Crippen LogP contribution in [0.25, 0.3) is 0 Å². The molecule has 21 heavy (non-hydrogen) atoms. The molecule has 0 unspecified atom stereocenters. The van der Waals surface area contributed by atoms with Crippen LogP contribution in [0.4, 0.5) is 5.69 Å². The predicted molar refractivity (Wildman–Crippen MR) is 75.0 cm³/mol. The molecule has 2 aromatic heterocycles. The van der Waals surface area contributed by atoms with Crippen LogP contribution in [0.1, 0.15) is 5.56 Å². The third kappa shape index (κ3) is 3.08. The molecule has 9 heteroatoms. The van der Waals surface area contributed by atoms with Crippen LogP contribution in [0.15, 0.2) is 54.2 Å². The maximum Gasteiger partial charge on any atom is 0.265 e. The molecule has 3 rings (SSSR count). The number of nitrogens with one attached hydrogen (secondary N) is 2. The molecule has 2 N–H and O–H groups in total. The summed E-state index contributed by atoms with van der Waals surface area (Å²) in [6, 6.07) is 7.05. The van der Waals surface area contributed by atoms with E-state index in [1.165, 1.54) is 18.7 Å². The molecule has 0 aliphatic heterocycles. The molecule has 0 aliphatic rings. The second-order valence-corrected chi connectivity index (χ2v) is 6.01. The molecule has 0 atom stereocenters. The van der Waals surface area contributed by atoms with Crippen molar-refractivity contribution in [1.82, 2.24) is 25.0 Å². The molecular formula is C12H12N6O2S. The van der Waals surface area contributed by atoms with Gasteiger partial charge in [0.15, 0.2) is 0 Å². The van der Waals surface area contributed by atoms with Gasteiger partial charge in [0, 0.05) is 11.9 Å². The van der Waals surface area contributed by atoms with Crippen molar-refractivity contribution < 1.29 is 8.42 Å². The number of sulfonamides is 1. The summed E-state index contributed by atoms with van der Waals surface area (Å²) in [5, 5.41) is 10.1. The highest BCUT2D eigenvalue weighted by Crippen LogP contribution is 2.15. The van der Waals surface area contributed by atoms with E-state index in [1.807, 2.05) is 12.1 Å². The second-order valence-electron chi connectivity index (χ2n) is 4.33. The van der Waals surface area contributed by atoms with Gasteiger partial charge in [0.05, 0.1) is 12.7 Å². The summed E-state index contributed by atoms with van der Waals surface area (Å²) in [5.74, 6) is 0. The minimum Gasteiger partial charge on any atom is -0.284 e. The van der Waals surface area contributed by atoms with Crippen LogP contribution in [-0.2, 0) is 16.6 Å². The van der Waals surface area contributed by atoms with Crippen molar-refractivity contribution in [2.24, 2.45) is 0 Å². The summed E-state index contributed by atoms with van der Waals surface area (Å²) in [6.07, 6.45) is 5.66. The molecule has 0 saturated heterocycles. The van der Waals surface area contributed by atoms with Gasteiger partial charge in [0.1, 0.15) is 17.6 Å². The number of anilines is 1. The number of aromatic nitrogens is 5. The van der Waals surface area contributed by atoms with Gasteiger partial charge >= 0.3 is 0 Å². The van der Waals surface area contributed by atoms with Gasteiger partial charge in [0.25, 0.3) is 10.0 Å². The van der Waals surface area contributed by atoms with Crippen LogP contribution >= 0.6 is 0 Å². The van der Waals surface area contributed by atoms with E-state index in [-0.39, 0.29) is 4.90 Å². The topological polar surface area (TPSA) is 106 Å². The first-order valence-electron chi connectivity index (χ1n) is 6.06. The van der Waals surface area contributed by atoms with Crippen molar-refractivity contribution in [3.05, 3.63) is 54.9 Å².